The first-order valence-corrected chi connectivity index (χ1v) is 7.06. The van der Waals surface area contributed by atoms with Crippen LogP contribution in [0.2, 0.25) is 0 Å². The zero-order valence-electron chi connectivity index (χ0n) is 12.4. The van der Waals surface area contributed by atoms with Crippen LogP contribution in [0.3, 0.4) is 0 Å². The highest BCUT2D eigenvalue weighted by molar-refractivity contribution is 5.91. The molecule has 2 rings (SSSR count). The van der Waals surface area contributed by atoms with Gasteiger partial charge in [-0.2, -0.15) is 0 Å². The molecule has 22 heavy (non-hydrogen) atoms. The van der Waals surface area contributed by atoms with Crippen LogP contribution >= 0.6 is 0 Å². The van der Waals surface area contributed by atoms with Crippen molar-refractivity contribution in [1.29, 1.82) is 0 Å². The van der Waals surface area contributed by atoms with E-state index in [1.807, 2.05) is 73.7 Å². The maximum Gasteiger partial charge on any atom is 0.335 e. The Labute approximate surface area is 130 Å². The molecule has 0 aromatic heterocycles. The molecule has 2 nitrogen and oxygen atoms in total. The Bertz CT molecular complexity index is 722. The molecule has 0 bridgehead atoms. The fourth-order valence-corrected chi connectivity index (χ4v) is 1.98. The van der Waals surface area contributed by atoms with Gasteiger partial charge >= 0.3 is 5.97 Å². The lowest BCUT2D eigenvalue weighted by Gasteiger charge is -1.97. The van der Waals surface area contributed by atoms with Gasteiger partial charge in [-0.05, 0) is 30.2 Å². The fourth-order valence-electron chi connectivity index (χ4n) is 1.98. The highest BCUT2D eigenvalue weighted by atomic mass is 16.4. The molecular weight excluding hydrogens is 272 g/mol. The lowest BCUT2D eigenvalue weighted by Crippen LogP contribution is -1.96. The van der Waals surface area contributed by atoms with E-state index >= 15 is 0 Å². The Hall–Kier alpha value is -2.87. The lowest BCUT2D eigenvalue weighted by molar-refractivity contribution is -0.132. The van der Waals surface area contributed by atoms with E-state index in [2.05, 4.69) is 0 Å². The first-order chi connectivity index (χ1) is 10.6. The number of aryl methyl sites for hydroxylation is 1. The predicted octanol–water partition coefficient (Wildman–Crippen LogP) is 4.73. The molecule has 0 amide bonds. The molecule has 1 N–H and O–H groups in total. The normalized spacial score (nSPS) is 12.1. The minimum atomic E-state index is -0.943. The van der Waals surface area contributed by atoms with Crippen LogP contribution in [0.4, 0.5) is 0 Å². The quantitative estimate of drug-likeness (QED) is 0.638. The summed E-state index contributed by atoms with van der Waals surface area (Å²) in [6, 6.07) is 17.7. The Kier molecular flexibility index (Phi) is 5.50. The van der Waals surface area contributed by atoms with Crippen molar-refractivity contribution in [3.63, 3.8) is 0 Å². The molecule has 0 saturated heterocycles. The van der Waals surface area contributed by atoms with Crippen LogP contribution in [0.25, 0.3) is 12.2 Å². The number of carbonyl (C=O) groups is 1. The molecule has 0 saturated carbocycles. The Morgan fingerprint density at radius 1 is 0.955 bits per heavy atom. The molecule has 110 valence electrons. The summed E-state index contributed by atoms with van der Waals surface area (Å²) in [4.78, 5) is 11.3. The van der Waals surface area contributed by atoms with Gasteiger partial charge in [0.25, 0.3) is 0 Å². The molecule has 0 atom stereocenters. The first-order valence-electron chi connectivity index (χ1n) is 7.06. The maximum absolute atomic E-state index is 11.3. The monoisotopic (exact) mass is 290 g/mol. The molecule has 0 spiro atoms. The number of carboxylic acid groups (broad SMARTS) is 1. The van der Waals surface area contributed by atoms with Gasteiger partial charge in [-0.3, -0.25) is 0 Å². The average molecular weight is 290 g/mol. The van der Waals surface area contributed by atoms with Crippen LogP contribution in [0.5, 0.6) is 0 Å². The summed E-state index contributed by atoms with van der Waals surface area (Å²) in [6.45, 7) is 2.01. The maximum atomic E-state index is 11.3. The molecule has 0 aliphatic heterocycles. The lowest BCUT2D eigenvalue weighted by atomic mass is 10.1. The van der Waals surface area contributed by atoms with Crippen LogP contribution in [0, 0.1) is 6.92 Å². The summed E-state index contributed by atoms with van der Waals surface area (Å²) in [5.74, 6) is -0.943. The zero-order chi connectivity index (χ0) is 15.8. The van der Waals surface area contributed by atoms with Crippen molar-refractivity contribution in [3.05, 3.63) is 95.1 Å². The van der Waals surface area contributed by atoms with Crippen molar-refractivity contribution in [2.75, 3.05) is 0 Å². The Balaban J connectivity index is 2.14. The summed E-state index contributed by atoms with van der Waals surface area (Å²) in [7, 11) is 0. The number of rotatable bonds is 5. The van der Waals surface area contributed by atoms with Crippen molar-refractivity contribution in [3.8, 4) is 0 Å². The largest absolute Gasteiger partial charge is 0.478 e. The predicted molar refractivity (Wildman–Crippen MR) is 91.4 cm³/mol. The number of benzene rings is 2. The molecule has 0 aliphatic rings. The number of hydrogen-bond donors (Lipinski definition) is 1. The summed E-state index contributed by atoms with van der Waals surface area (Å²) in [5.41, 5.74) is 3.41. The number of hydrogen-bond acceptors (Lipinski definition) is 1. The van der Waals surface area contributed by atoms with E-state index in [1.54, 1.807) is 18.2 Å². The second kappa shape index (κ2) is 7.79. The van der Waals surface area contributed by atoms with Gasteiger partial charge in [-0.25, -0.2) is 4.79 Å². The summed E-state index contributed by atoms with van der Waals surface area (Å²) in [5, 5.41) is 9.25. The van der Waals surface area contributed by atoms with Gasteiger partial charge < -0.3 is 5.11 Å². The molecule has 0 heterocycles. The summed E-state index contributed by atoms with van der Waals surface area (Å²) >= 11 is 0. The van der Waals surface area contributed by atoms with Crippen LogP contribution in [-0.2, 0) is 4.79 Å². The molecule has 0 fully saturated rings. The standard InChI is InChI=1S/C20H18O2/c1-16-7-5-11-18(15-16)13-14-19(20(21)22)12-6-10-17-8-3-2-4-9-17/h2-15H,1H3,(H,21,22). The average Bonchev–Trinajstić information content (AvgIpc) is 2.51. The summed E-state index contributed by atoms with van der Waals surface area (Å²) in [6.07, 6.45) is 8.65. The van der Waals surface area contributed by atoms with Crippen molar-refractivity contribution in [2.45, 2.75) is 6.92 Å². The van der Waals surface area contributed by atoms with Crippen molar-refractivity contribution in [2.24, 2.45) is 0 Å². The second-order valence-corrected chi connectivity index (χ2v) is 4.94. The molecule has 0 aliphatic carbocycles. The van der Waals surface area contributed by atoms with Crippen molar-refractivity contribution >= 4 is 18.1 Å². The van der Waals surface area contributed by atoms with Gasteiger partial charge in [-0.15, -0.1) is 0 Å². The Morgan fingerprint density at radius 3 is 2.36 bits per heavy atom. The number of aliphatic carboxylic acids is 1. The van der Waals surface area contributed by atoms with Crippen molar-refractivity contribution in [1.82, 2.24) is 0 Å². The Morgan fingerprint density at radius 2 is 1.68 bits per heavy atom. The van der Waals surface area contributed by atoms with Crippen LogP contribution in [-0.4, -0.2) is 11.1 Å². The van der Waals surface area contributed by atoms with E-state index in [4.69, 9.17) is 0 Å². The van der Waals surface area contributed by atoms with Crippen molar-refractivity contribution < 1.29 is 9.90 Å². The minimum absolute atomic E-state index is 0.244. The molecule has 2 aromatic carbocycles. The third-order valence-electron chi connectivity index (χ3n) is 3.11. The molecule has 0 radical (unpaired) electrons. The van der Waals surface area contributed by atoms with E-state index < -0.39 is 5.97 Å². The highest BCUT2D eigenvalue weighted by Crippen LogP contribution is 2.09. The number of allylic oxidation sites excluding steroid dienone is 2. The van der Waals surface area contributed by atoms with Crippen LogP contribution in [0.1, 0.15) is 16.7 Å². The molecule has 0 unspecified atom stereocenters. The van der Waals surface area contributed by atoms with Gasteiger partial charge in [0.1, 0.15) is 0 Å². The van der Waals surface area contributed by atoms with Gasteiger partial charge in [0.05, 0.1) is 5.57 Å². The van der Waals surface area contributed by atoms with Gasteiger partial charge in [0.2, 0.25) is 0 Å². The third kappa shape index (κ3) is 4.91. The minimum Gasteiger partial charge on any atom is -0.478 e. The molecular formula is C20H18O2. The molecule has 2 aromatic rings. The summed E-state index contributed by atoms with van der Waals surface area (Å²) < 4.78 is 0. The van der Waals surface area contributed by atoms with Gasteiger partial charge in [0.15, 0.2) is 0 Å². The highest BCUT2D eigenvalue weighted by Gasteiger charge is 2.01. The van der Waals surface area contributed by atoms with Gasteiger partial charge in [0, 0.05) is 0 Å². The second-order valence-electron chi connectivity index (χ2n) is 4.94. The van der Waals surface area contributed by atoms with Crippen LogP contribution < -0.4 is 0 Å². The number of carboxylic acids is 1. The van der Waals surface area contributed by atoms with E-state index in [9.17, 15) is 9.90 Å². The van der Waals surface area contributed by atoms with Gasteiger partial charge in [-0.1, -0.05) is 78.4 Å². The fraction of sp³-hybridized carbons (Fsp3) is 0.0500. The van der Waals surface area contributed by atoms with E-state index in [0.29, 0.717) is 0 Å². The molecule has 2 heteroatoms. The third-order valence-corrected chi connectivity index (χ3v) is 3.11. The SMILES string of the molecule is Cc1cccc(C=CC(=CC=Cc2ccccc2)C(=O)O)c1. The zero-order valence-corrected chi connectivity index (χ0v) is 12.4. The van der Waals surface area contributed by atoms with E-state index in [1.165, 1.54) is 0 Å². The smallest absolute Gasteiger partial charge is 0.335 e. The van der Waals surface area contributed by atoms with Crippen LogP contribution in [0.15, 0.2) is 78.4 Å². The van der Waals surface area contributed by atoms with E-state index in [0.717, 1.165) is 16.7 Å². The van der Waals surface area contributed by atoms with E-state index in [-0.39, 0.29) is 5.57 Å². The first kappa shape index (κ1) is 15.5. The topological polar surface area (TPSA) is 37.3 Å².